The van der Waals surface area contributed by atoms with Gasteiger partial charge in [-0.05, 0) is 109 Å². The number of esters is 3. The molecule has 6 heteroatoms. The highest BCUT2D eigenvalue weighted by molar-refractivity contribution is 5.71. The van der Waals surface area contributed by atoms with E-state index in [0.29, 0.717) is 19.3 Å². The fourth-order valence-electron chi connectivity index (χ4n) is 7.38. The summed E-state index contributed by atoms with van der Waals surface area (Å²) in [5.41, 5.74) is 0. The van der Waals surface area contributed by atoms with Crippen LogP contribution in [0.5, 0.6) is 0 Å². The molecule has 0 aromatic heterocycles. The quantitative estimate of drug-likeness (QED) is 0.0262. The minimum Gasteiger partial charge on any atom is -0.462 e. The predicted molar refractivity (Wildman–Crippen MR) is 270 cm³/mol. The Labute approximate surface area is 390 Å². The van der Waals surface area contributed by atoms with Gasteiger partial charge in [0.2, 0.25) is 0 Å². The molecule has 0 aromatic carbocycles. The molecule has 0 amide bonds. The lowest BCUT2D eigenvalue weighted by atomic mass is 10.1. The van der Waals surface area contributed by atoms with E-state index in [1.807, 2.05) is 0 Å². The smallest absolute Gasteiger partial charge is 0.306 e. The summed E-state index contributed by atoms with van der Waals surface area (Å²) in [7, 11) is 0. The lowest BCUT2D eigenvalue weighted by molar-refractivity contribution is -0.167. The first-order valence-corrected chi connectivity index (χ1v) is 26.8. The molecule has 0 aliphatic heterocycles. The first-order chi connectivity index (χ1) is 31.0. The fraction of sp³-hybridized carbons (Fsp3) is 0.772. The molecule has 0 aromatic rings. The molecule has 0 aliphatic carbocycles. The lowest BCUT2D eigenvalue weighted by Gasteiger charge is -2.18. The largest absolute Gasteiger partial charge is 0.462 e. The zero-order valence-electron chi connectivity index (χ0n) is 41.6. The average molecular weight is 881 g/mol. The second-order valence-corrected chi connectivity index (χ2v) is 17.8. The molecule has 0 unspecified atom stereocenters. The van der Waals surface area contributed by atoms with Gasteiger partial charge in [0.1, 0.15) is 13.2 Å². The monoisotopic (exact) mass is 881 g/mol. The zero-order valence-corrected chi connectivity index (χ0v) is 41.6. The van der Waals surface area contributed by atoms with Crippen molar-refractivity contribution in [3.05, 3.63) is 60.8 Å². The van der Waals surface area contributed by atoms with Crippen molar-refractivity contribution in [1.82, 2.24) is 0 Å². The topological polar surface area (TPSA) is 78.9 Å². The van der Waals surface area contributed by atoms with Crippen LogP contribution in [0.4, 0.5) is 0 Å². The molecular weight excluding hydrogens is 781 g/mol. The number of rotatable bonds is 48. The SMILES string of the molecule is CCCCC/C=C\C/C=C\CCCCCCCC(=O)OC[C@H](COC(=O)CCCCCCC/C=C\CCCCCCCC)OC(=O)CCCCCCC/C=C\C/C=C\CCCCC. The minimum atomic E-state index is -0.790. The molecule has 0 saturated carbocycles. The number of carbonyl (C=O) groups excluding carboxylic acids is 3. The average Bonchev–Trinajstić information content (AvgIpc) is 3.28. The van der Waals surface area contributed by atoms with E-state index in [1.54, 1.807) is 0 Å². The highest BCUT2D eigenvalue weighted by Gasteiger charge is 2.19. The summed E-state index contributed by atoms with van der Waals surface area (Å²) in [6.07, 6.45) is 63.4. The number of ether oxygens (including phenoxy) is 3. The first-order valence-electron chi connectivity index (χ1n) is 26.8. The second-order valence-electron chi connectivity index (χ2n) is 17.8. The van der Waals surface area contributed by atoms with Crippen molar-refractivity contribution in [2.45, 2.75) is 271 Å². The molecule has 63 heavy (non-hydrogen) atoms. The van der Waals surface area contributed by atoms with Crippen molar-refractivity contribution in [3.63, 3.8) is 0 Å². The molecule has 0 rings (SSSR count). The van der Waals surface area contributed by atoms with Gasteiger partial charge >= 0.3 is 17.9 Å². The first kappa shape index (κ1) is 60.1. The predicted octanol–water partition coefficient (Wildman–Crippen LogP) is 17.6. The molecule has 0 spiro atoms. The number of allylic oxidation sites excluding steroid dienone is 10. The van der Waals surface area contributed by atoms with Crippen molar-refractivity contribution in [2.24, 2.45) is 0 Å². The van der Waals surface area contributed by atoms with E-state index in [2.05, 4.69) is 81.5 Å². The Hall–Kier alpha value is -2.89. The third-order valence-electron chi connectivity index (χ3n) is 11.5. The van der Waals surface area contributed by atoms with Gasteiger partial charge in [0.25, 0.3) is 0 Å². The molecular formula is C57H100O6. The minimum absolute atomic E-state index is 0.0885. The Morgan fingerprint density at radius 3 is 0.921 bits per heavy atom. The zero-order chi connectivity index (χ0) is 45.8. The van der Waals surface area contributed by atoms with E-state index in [-0.39, 0.29) is 31.1 Å². The van der Waals surface area contributed by atoms with Gasteiger partial charge in [-0.1, -0.05) is 197 Å². The van der Waals surface area contributed by atoms with Crippen LogP contribution in [-0.2, 0) is 28.6 Å². The number of unbranched alkanes of at least 4 members (excludes halogenated alkanes) is 27. The van der Waals surface area contributed by atoms with Gasteiger partial charge in [-0.15, -0.1) is 0 Å². The summed E-state index contributed by atoms with van der Waals surface area (Å²) < 4.78 is 16.8. The van der Waals surface area contributed by atoms with Gasteiger partial charge in [0, 0.05) is 19.3 Å². The van der Waals surface area contributed by atoms with Crippen LogP contribution in [0.15, 0.2) is 60.8 Å². The maximum absolute atomic E-state index is 12.8. The fourth-order valence-corrected chi connectivity index (χ4v) is 7.38. The maximum atomic E-state index is 12.8. The molecule has 6 nitrogen and oxygen atoms in total. The van der Waals surface area contributed by atoms with Gasteiger partial charge < -0.3 is 14.2 Å². The van der Waals surface area contributed by atoms with Crippen LogP contribution >= 0.6 is 0 Å². The van der Waals surface area contributed by atoms with Crippen LogP contribution in [0.1, 0.15) is 265 Å². The van der Waals surface area contributed by atoms with E-state index >= 15 is 0 Å². The molecule has 364 valence electrons. The number of hydrogen-bond acceptors (Lipinski definition) is 6. The molecule has 0 heterocycles. The Kier molecular flexibility index (Phi) is 49.4. The highest BCUT2D eigenvalue weighted by atomic mass is 16.6. The summed E-state index contributed by atoms with van der Waals surface area (Å²) in [5.74, 6) is -0.919. The van der Waals surface area contributed by atoms with Crippen molar-refractivity contribution in [1.29, 1.82) is 0 Å². The highest BCUT2D eigenvalue weighted by Crippen LogP contribution is 2.14. The van der Waals surface area contributed by atoms with Gasteiger partial charge in [-0.25, -0.2) is 0 Å². The van der Waals surface area contributed by atoms with E-state index in [9.17, 15) is 14.4 Å². The number of hydrogen-bond donors (Lipinski definition) is 0. The molecule has 0 saturated heterocycles. The summed E-state index contributed by atoms with van der Waals surface area (Å²) >= 11 is 0. The summed E-state index contributed by atoms with van der Waals surface area (Å²) in [6, 6.07) is 0. The van der Waals surface area contributed by atoms with Crippen LogP contribution in [-0.4, -0.2) is 37.2 Å². The van der Waals surface area contributed by atoms with Crippen LogP contribution in [0, 0.1) is 0 Å². The molecule has 0 aliphatic rings. The van der Waals surface area contributed by atoms with Gasteiger partial charge in [0.15, 0.2) is 6.10 Å². The Morgan fingerprint density at radius 1 is 0.317 bits per heavy atom. The van der Waals surface area contributed by atoms with Crippen molar-refractivity contribution in [2.75, 3.05) is 13.2 Å². The van der Waals surface area contributed by atoms with Crippen molar-refractivity contribution in [3.8, 4) is 0 Å². The normalized spacial score (nSPS) is 12.5. The second kappa shape index (κ2) is 51.7. The van der Waals surface area contributed by atoms with Gasteiger partial charge in [-0.3, -0.25) is 14.4 Å². The third-order valence-corrected chi connectivity index (χ3v) is 11.5. The van der Waals surface area contributed by atoms with Crippen molar-refractivity contribution < 1.29 is 28.6 Å². The number of carbonyl (C=O) groups is 3. The molecule has 0 bridgehead atoms. The molecule has 0 N–H and O–H groups in total. The Morgan fingerprint density at radius 2 is 0.571 bits per heavy atom. The van der Waals surface area contributed by atoms with Crippen LogP contribution in [0.25, 0.3) is 0 Å². The lowest BCUT2D eigenvalue weighted by Crippen LogP contribution is -2.30. The molecule has 1 atom stereocenters. The summed E-state index contributed by atoms with van der Waals surface area (Å²) in [5, 5.41) is 0. The maximum Gasteiger partial charge on any atom is 0.306 e. The summed E-state index contributed by atoms with van der Waals surface area (Å²) in [6.45, 7) is 6.56. The molecule has 0 radical (unpaired) electrons. The van der Waals surface area contributed by atoms with E-state index < -0.39 is 6.10 Å². The molecule has 0 fully saturated rings. The Bertz CT molecular complexity index is 1150. The van der Waals surface area contributed by atoms with Crippen LogP contribution < -0.4 is 0 Å². The summed E-state index contributed by atoms with van der Waals surface area (Å²) in [4.78, 5) is 38.0. The van der Waals surface area contributed by atoms with Gasteiger partial charge in [-0.2, -0.15) is 0 Å². The third kappa shape index (κ3) is 50.0. The Balaban J connectivity index is 4.44. The van der Waals surface area contributed by atoms with Crippen LogP contribution in [0.2, 0.25) is 0 Å². The standard InChI is InChI=1S/C57H100O6/c1-4-7-10-13-16-19-22-25-28-31-34-37-40-43-46-49-55(58)61-52-54(63-57(60)51-48-45-42-39-36-33-30-27-24-21-18-15-12-9-6-3)53-62-56(59)50-47-44-41-38-35-32-29-26-23-20-17-14-11-8-5-2/h16,18-19,21,25-30,54H,4-15,17,20,22-24,31-53H2,1-3H3/b19-16-,21-18-,28-25-,29-26-,30-27-/t54-/m1/s1. The van der Waals surface area contributed by atoms with E-state index in [4.69, 9.17) is 14.2 Å². The van der Waals surface area contributed by atoms with Crippen LogP contribution in [0.3, 0.4) is 0 Å². The van der Waals surface area contributed by atoms with Gasteiger partial charge in [0.05, 0.1) is 0 Å². The van der Waals surface area contributed by atoms with Crippen molar-refractivity contribution >= 4 is 17.9 Å². The van der Waals surface area contributed by atoms with E-state index in [0.717, 1.165) is 109 Å². The van der Waals surface area contributed by atoms with E-state index in [1.165, 1.54) is 116 Å².